The summed E-state index contributed by atoms with van der Waals surface area (Å²) in [6.45, 7) is 4.88. The third-order valence-electron chi connectivity index (χ3n) is 2.74. The molecule has 1 atom stereocenters. The molecular formula is C14H22ClN3OS. The number of carbonyl (C=O) groups is 1. The van der Waals surface area contributed by atoms with Gasteiger partial charge in [0, 0.05) is 18.2 Å². The summed E-state index contributed by atoms with van der Waals surface area (Å²) in [6.07, 6.45) is 4.00. The van der Waals surface area contributed by atoms with Gasteiger partial charge in [0.15, 0.2) is 0 Å². The highest BCUT2D eigenvalue weighted by Crippen LogP contribution is 2.15. The minimum Gasteiger partial charge on any atom is -0.370 e. The van der Waals surface area contributed by atoms with Crippen LogP contribution in [0.4, 0.5) is 5.82 Å². The number of anilines is 1. The predicted octanol–water partition coefficient (Wildman–Crippen LogP) is 3.43. The number of pyridine rings is 1. The Bertz CT molecular complexity index is 442. The zero-order valence-electron chi connectivity index (χ0n) is 12.2. The van der Waals surface area contributed by atoms with Crippen LogP contribution in [0, 0.1) is 0 Å². The highest BCUT2D eigenvalue weighted by molar-refractivity contribution is 7.98. The Labute approximate surface area is 130 Å². The molecule has 1 rings (SSSR count). The molecule has 0 aliphatic carbocycles. The number of hydrogen-bond acceptors (Lipinski definition) is 4. The van der Waals surface area contributed by atoms with E-state index in [-0.39, 0.29) is 11.9 Å². The van der Waals surface area contributed by atoms with Crippen LogP contribution in [0.25, 0.3) is 0 Å². The monoisotopic (exact) mass is 315 g/mol. The maximum absolute atomic E-state index is 12.2. The average molecular weight is 316 g/mol. The second-order valence-corrected chi connectivity index (χ2v) is 6.02. The second-order valence-electron chi connectivity index (χ2n) is 4.65. The molecule has 0 spiro atoms. The van der Waals surface area contributed by atoms with Crippen LogP contribution in [0.3, 0.4) is 0 Å². The standard InChI is InChI=1S/C14H22ClN3OS/c1-4-6-16-13-9-11(8-12(15)18-13)14(19)17-10(2)5-7-20-3/h8-10H,4-7H2,1-3H3,(H,16,18)(H,17,19). The molecule has 0 saturated heterocycles. The van der Waals surface area contributed by atoms with Crippen molar-refractivity contribution < 1.29 is 4.79 Å². The summed E-state index contributed by atoms with van der Waals surface area (Å²) in [7, 11) is 0. The summed E-state index contributed by atoms with van der Waals surface area (Å²) >= 11 is 7.73. The van der Waals surface area contributed by atoms with E-state index >= 15 is 0 Å². The van der Waals surface area contributed by atoms with Crippen LogP contribution in [-0.2, 0) is 0 Å². The minimum absolute atomic E-state index is 0.109. The van der Waals surface area contributed by atoms with E-state index in [4.69, 9.17) is 11.6 Å². The van der Waals surface area contributed by atoms with Gasteiger partial charge in [-0.3, -0.25) is 4.79 Å². The summed E-state index contributed by atoms with van der Waals surface area (Å²) in [5.41, 5.74) is 0.541. The van der Waals surface area contributed by atoms with Crippen LogP contribution in [0.15, 0.2) is 12.1 Å². The van der Waals surface area contributed by atoms with E-state index in [1.165, 1.54) is 0 Å². The topological polar surface area (TPSA) is 54.0 Å². The number of rotatable bonds is 8. The largest absolute Gasteiger partial charge is 0.370 e. The number of nitrogens with one attached hydrogen (secondary N) is 2. The van der Waals surface area contributed by atoms with Gasteiger partial charge in [-0.25, -0.2) is 4.98 Å². The van der Waals surface area contributed by atoms with Crippen LogP contribution in [0.1, 0.15) is 37.0 Å². The molecule has 0 aliphatic rings. The molecule has 1 heterocycles. The van der Waals surface area contributed by atoms with E-state index in [0.29, 0.717) is 16.5 Å². The summed E-state index contributed by atoms with van der Waals surface area (Å²) < 4.78 is 0. The molecule has 0 aliphatic heterocycles. The van der Waals surface area contributed by atoms with E-state index in [9.17, 15) is 4.79 Å². The number of thioether (sulfide) groups is 1. The molecule has 20 heavy (non-hydrogen) atoms. The summed E-state index contributed by atoms with van der Waals surface area (Å²) in [5, 5.41) is 6.44. The lowest BCUT2D eigenvalue weighted by Gasteiger charge is -2.14. The molecule has 1 unspecified atom stereocenters. The number of halogens is 1. The molecule has 0 fully saturated rings. The molecule has 0 saturated carbocycles. The van der Waals surface area contributed by atoms with Crippen molar-refractivity contribution >= 4 is 35.1 Å². The molecule has 1 aromatic heterocycles. The molecule has 2 N–H and O–H groups in total. The number of nitrogens with zero attached hydrogens (tertiary/aromatic N) is 1. The number of carbonyl (C=O) groups excluding carboxylic acids is 1. The van der Waals surface area contributed by atoms with Gasteiger partial charge >= 0.3 is 0 Å². The first-order valence-electron chi connectivity index (χ1n) is 6.78. The van der Waals surface area contributed by atoms with E-state index in [0.717, 1.165) is 25.1 Å². The highest BCUT2D eigenvalue weighted by Gasteiger charge is 2.12. The molecule has 0 aromatic carbocycles. The van der Waals surface area contributed by atoms with E-state index in [2.05, 4.69) is 28.8 Å². The minimum atomic E-state index is -0.109. The first-order chi connectivity index (χ1) is 9.56. The van der Waals surface area contributed by atoms with Crippen molar-refractivity contribution in [2.45, 2.75) is 32.7 Å². The quantitative estimate of drug-likeness (QED) is 0.722. The maximum atomic E-state index is 12.2. The Balaban J connectivity index is 2.69. The Hall–Kier alpha value is -0.940. The highest BCUT2D eigenvalue weighted by atomic mass is 35.5. The van der Waals surface area contributed by atoms with Crippen molar-refractivity contribution in [3.63, 3.8) is 0 Å². The lowest BCUT2D eigenvalue weighted by molar-refractivity contribution is 0.0939. The van der Waals surface area contributed by atoms with E-state index in [1.54, 1.807) is 23.9 Å². The number of aromatic nitrogens is 1. The van der Waals surface area contributed by atoms with Gasteiger partial charge in [-0.2, -0.15) is 11.8 Å². The van der Waals surface area contributed by atoms with Crippen molar-refractivity contribution in [3.8, 4) is 0 Å². The van der Waals surface area contributed by atoms with E-state index < -0.39 is 0 Å². The number of hydrogen-bond donors (Lipinski definition) is 2. The molecule has 112 valence electrons. The maximum Gasteiger partial charge on any atom is 0.251 e. The van der Waals surface area contributed by atoms with Gasteiger partial charge in [0.25, 0.3) is 5.91 Å². The zero-order chi connectivity index (χ0) is 15.0. The van der Waals surface area contributed by atoms with Gasteiger partial charge in [-0.05, 0) is 43.9 Å². The predicted molar refractivity (Wildman–Crippen MR) is 88.0 cm³/mol. The fraction of sp³-hybridized carbons (Fsp3) is 0.571. The van der Waals surface area contributed by atoms with Crippen molar-refractivity contribution in [1.82, 2.24) is 10.3 Å². The van der Waals surface area contributed by atoms with Crippen molar-refractivity contribution in [2.24, 2.45) is 0 Å². The lowest BCUT2D eigenvalue weighted by atomic mass is 10.2. The molecule has 1 aromatic rings. The first-order valence-corrected chi connectivity index (χ1v) is 8.55. The van der Waals surface area contributed by atoms with Crippen molar-refractivity contribution in [2.75, 3.05) is 23.9 Å². The number of amides is 1. The van der Waals surface area contributed by atoms with Crippen molar-refractivity contribution in [1.29, 1.82) is 0 Å². The third-order valence-corrected chi connectivity index (χ3v) is 3.58. The van der Waals surface area contributed by atoms with Crippen LogP contribution >= 0.6 is 23.4 Å². The summed E-state index contributed by atoms with van der Waals surface area (Å²) in [4.78, 5) is 16.3. The zero-order valence-corrected chi connectivity index (χ0v) is 13.8. The molecule has 4 nitrogen and oxygen atoms in total. The molecule has 0 radical (unpaired) electrons. The van der Waals surface area contributed by atoms with Crippen LogP contribution in [-0.4, -0.2) is 35.5 Å². The van der Waals surface area contributed by atoms with Crippen molar-refractivity contribution in [3.05, 3.63) is 22.8 Å². The van der Waals surface area contributed by atoms with Crippen LogP contribution in [0.2, 0.25) is 5.15 Å². The Morgan fingerprint density at radius 1 is 1.50 bits per heavy atom. The normalized spacial score (nSPS) is 12.0. The lowest BCUT2D eigenvalue weighted by Crippen LogP contribution is -2.33. The molecule has 1 amide bonds. The van der Waals surface area contributed by atoms with Gasteiger partial charge in [0.2, 0.25) is 0 Å². The van der Waals surface area contributed by atoms with Gasteiger partial charge in [0.1, 0.15) is 11.0 Å². The van der Waals surface area contributed by atoms with Crippen LogP contribution in [0.5, 0.6) is 0 Å². The Morgan fingerprint density at radius 2 is 2.25 bits per heavy atom. The molecule has 0 bridgehead atoms. The summed E-state index contributed by atoms with van der Waals surface area (Å²) in [6, 6.07) is 3.47. The smallest absolute Gasteiger partial charge is 0.251 e. The fourth-order valence-corrected chi connectivity index (χ4v) is 2.44. The Kier molecular flexibility index (Phi) is 7.77. The second kappa shape index (κ2) is 9.08. The fourth-order valence-electron chi connectivity index (χ4n) is 1.65. The molecular weight excluding hydrogens is 294 g/mol. The Morgan fingerprint density at radius 3 is 2.90 bits per heavy atom. The van der Waals surface area contributed by atoms with Gasteiger partial charge < -0.3 is 10.6 Å². The van der Waals surface area contributed by atoms with E-state index in [1.807, 2.05) is 6.92 Å². The average Bonchev–Trinajstić information content (AvgIpc) is 2.42. The van der Waals surface area contributed by atoms with Crippen LogP contribution < -0.4 is 10.6 Å². The van der Waals surface area contributed by atoms with Gasteiger partial charge in [0.05, 0.1) is 0 Å². The third kappa shape index (κ3) is 6.01. The summed E-state index contributed by atoms with van der Waals surface area (Å²) in [5.74, 6) is 1.56. The van der Waals surface area contributed by atoms with Gasteiger partial charge in [-0.1, -0.05) is 18.5 Å². The first kappa shape index (κ1) is 17.1. The molecule has 6 heteroatoms. The van der Waals surface area contributed by atoms with Gasteiger partial charge in [-0.15, -0.1) is 0 Å². The SMILES string of the molecule is CCCNc1cc(C(=O)NC(C)CCSC)cc(Cl)n1.